The fourth-order valence-electron chi connectivity index (χ4n) is 2.25. The molecule has 0 amide bonds. The summed E-state index contributed by atoms with van der Waals surface area (Å²) in [5, 5.41) is 1.19. The largest absolute Gasteiger partial charge is 0.353 e. The van der Waals surface area contributed by atoms with Gasteiger partial charge in [-0.25, -0.2) is 4.98 Å². The Morgan fingerprint density at radius 2 is 2.00 bits per heavy atom. The van der Waals surface area contributed by atoms with Gasteiger partial charge in [-0.1, -0.05) is 18.2 Å². The first-order valence-corrected chi connectivity index (χ1v) is 6.46. The van der Waals surface area contributed by atoms with Crippen molar-refractivity contribution >= 4 is 16.7 Å². The highest BCUT2D eigenvalue weighted by molar-refractivity contribution is 5.81. The molecule has 0 saturated carbocycles. The number of aromatic nitrogens is 1. The topological polar surface area (TPSA) is 42.2 Å². The molecule has 0 unspecified atom stereocenters. The molecule has 0 atom stereocenters. The summed E-state index contributed by atoms with van der Waals surface area (Å²) >= 11 is 0. The van der Waals surface area contributed by atoms with Gasteiger partial charge in [-0.3, -0.25) is 0 Å². The molecule has 1 aromatic heterocycles. The summed E-state index contributed by atoms with van der Waals surface area (Å²) in [6.45, 7) is 7.94. The van der Waals surface area contributed by atoms with Crippen molar-refractivity contribution in [1.29, 1.82) is 0 Å². The van der Waals surface area contributed by atoms with Crippen LogP contribution in [0.2, 0.25) is 0 Å². The summed E-state index contributed by atoms with van der Waals surface area (Å²) in [6, 6.07) is 10.8. The summed E-state index contributed by atoms with van der Waals surface area (Å²) in [6.07, 6.45) is 0. The SMILES string of the molecule is Cc1cc2ccccc2nc1N(CCN)C(C)C. The van der Waals surface area contributed by atoms with Gasteiger partial charge in [0, 0.05) is 24.5 Å². The van der Waals surface area contributed by atoms with Crippen molar-refractivity contribution in [3.05, 3.63) is 35.9 Å². The average molecular weight is 243 g/mol. The monoisotopic (exact) mass is 243 g/mol. The normalized spacial score (nSPS) is 11.2. The molecule has 0 radical (unpaired) electrons. The standard InChI is InChI=1S/C15H21N3/c1-11(2)18(9-8-16)15-12(3)10-13-6-4-5-7-14(13)17-15/h4-7,10-11H,8-9,16H2,1-3H3. The summed E-state index contributed by atoms with van der Waals surface area (Å²) < 4.78 is 0. The van der Waals surface area contributed by atoms with Crippen LogP contribution in [0.3, 0.4) is 0 Å². The third kappa shape index (κ3) is 2.46. The van der Waals surface area contributed by atoms with Gasteiger partial charge >= 0.3 is 0 Å². The van der Waals surface area contributed by atoms with E-state index in [1.54, 1.807) is 0 Å². The Morgan fingerprint density at radius 1 is 1.28 bits per heavy atom. The maximum atomic E-state index is 5.70. The second-order valence-corrected chi connectivity index (χ2v) is 4.90. The molecule has 2 aromatic rings. The van der Waals surface area contributed by atoms with Crippen molar-refractivity contribution < 1.29 is 0 Å². The number of hydrogen-bond acceptors (Lipinski definition) is 3. The van der Waals surface area contributed by atoms with E-state index in [0.717, 1.165) is 17.9 Å². The molecule has 2 N–H and O–H groups in total. The zero-order valence-electron chi connectivity index (χ0n) is 11.4. The van der Waals surface area contributed by atoms with Crippen LogP contribution in [0.4, 0.5) is 5.82 Å². The predicted molar refractivity (Wildman–Crippen MR) is 78.0 cm³/mol. The van der Waals surface area contributed by atoms with Crippen molar-refractivity contribution in [3.63, 3.8) is 0 Å². The van der Waals surface area contributed by atoms with Crippen LogP contribution in [-0.4, -0.2) is 24.1 Å². The number of aryl methyl sites for hydroxylation is 1. The fraction of sp³-hybridized carbons (Fsp3) is 0.400. The lowest BCUT2D eigenvalue weighted by Crippen LogP contribution is -2.36. The molecule has 0 bridgehead atoms. The number of para-hydroxylation sites is 1. The average Bonchev–Trinajstić information content (AvgIpc) is 2.35. The van der Waals surface area contributed by atoms with Gasteiger partial charge in [0.2, 0.25) is 0 Å². The molecular weight excluding hydrogens is 222 g/mol. The third-order valence-electron chi connectivity index (χ3n) is 3.15. The van der Waals surface area contributed by atoms with Gasteiger partial charge in [-0.2, -0.15) is 0 Å². The van der Waals surface area contributed by atoms with Gasteiger partial charge in [0.15, 0.2) is 0 Å². The van der Waals surface area contributed by atoms with Crippen LogP contribution in [0.5, 0.6) is 0 Å². The van der Waals surface area contributed by atoms with Crippen LogP contribution in [0, 0.1) is 6.92 Å². The molecule has 1 aromatic carbocycles. The molecule has 3 heteroatoms. The smallest absolute Gasteiger partial charge is 0.132 e. The second kappa shape index (κ2) is 5.36. The number of rotatable bonds is 4. The number of nitrogens with zero attached hydrogens (tertiary/aromatic N) is 2. The number of fused-ring (bicyclic) bond motifs is 1. The highest BCUT2D eigenvalue weighted by Gasteiger charge is 2.14. The van der Waals surface area contributed by atoms with Crippen LogP contribution in [-0.2, 0) is 0 Å². The van der Waals surface area contributed by atoms with E-state index in [-0.39, 0.29) is 0 Å². The lowest BCUT2D eigenvalue weighted by molar-refractivity contribution is 0.674. The fourth-order valence-corrected chi connectivity index (χ4v) is 2.25. The molecule has 0 fully saturated rings. The van der Waals surface area contributed by atoms with Gasteiger partial charge in [-0.05, 0) is 38.5 Å². The maximum absolute atomic E-state index is 5.70. The summed E-state index contributed by atoms with van der Waals surface area (Å²) in [5.41, 5.74) is 7.94. The Morgan fingerprint density at radius 3 is 2.67 bits per heavy atom. The second-order valence-electron chi connectivity index (χ2n) is 4.90. The van der Waals surface area contributed by atoms with Crippen LogP contribution in [0.1, 0.15) is 19.4 Å². The zero-order chi connectivity index (χ0) is 13.1. The highest BCUT2D eigenvalue weighted by atomic mass is 15.2. The number of hydrogen-bond donors (Lipinski definition) is 1. The Kier molecular flexibility index (Phi) is 3.82. The summed E-state index contributed by atoms with van der Waals surface area (Å²) in [5.74, 6) is 1.05. The first kappa shape index (κ1) is 12.8. The zero-order valence-corrected chi connectivity index (χ0v) is 11.4. The van der Waals surface area contributed by atoms with E-state index in [1.807, 2.05) is 12.1 Å². The molecular formula is C15H21N3. The molecule has 0 spiro atoms. The van der Waals surface area contributed by atoms with Gasteiger partial charge in [0.05, 0.1) is 5.52 Å². The molecule has 0 saturated heterocycles. The molecule has 18 heavy (non-hydrogen) atoms. The lowest BCUT2D eigenvalue weighted by Gasteiger charge is -2.29. The van der Waals surface area contributed by atoms with Crippen LogP contribution in [0.25, 0.3) is 10.9 Å². The first-order valence-electron chi connectivity index (χ1n) is 6.46. The number of anilines is 1. The van der Waals surface area contributed by atoms with Crippen molar-refractivity contribution in [1.82, 2.24) is 4.98 Å². The van der Waals surface area contributed by atoms with Gasteiger partial charge < -0.3 is 10.6 Å². The third-order valence-corrected chi connectivity index (χ3v) is 3.15. The van der Waals surface area contributed by atoms with Crippen molar-refractivity contribution in [2.75, 3.05) is 18.0 Å². The van der Waals surface area contributed by atoms with Crippen molar-refractivity contribution in [2.24, 2.45) is 5.73 Å². The number of nitrogens with two attached hydrogens (primary N) is 1. The van der Waals surface area contributed by atoms with Gasteiger partial charge in [0.25, 0.3) is 0 Å². The van der Waals surface area contributed by atoms with E-state index in [0.29, 0.717) is 12.6 Å². The summed E-state index contributed by atoms with van der Waals surface area (Å²) in [4.78, 5) is 7.05. The minimum absolute atomic E-state index is 0.404. The lowest BCUT2D eigenvalue weighted by atomic mass is 10.1. The van der Waals surface area contributed by atoms with E-state index < -0.39 is 0 Å². The number of benzene rings is 1. The van der Waals surface area contributed by atoms with E-state index in [4.69, 9.17) is 10.7 Å². The Labute approximate surface area is 109 Å². The number of pyridine rings is 1. The predicted octanol–water partition coefficient (Wildman–Crippen LogP) is 2.72. The van der Waals surface area contributed by atoms with Gasteiger partial charge in [0.1, 0.15) is 5.82 Å². The molecule has 3 nitrogen and oxygen atoms in total. The van der Waals surface area contributed by atoms with E-state index in [9.17, 15) is 0 Å². The minimum atomic E-state index is 0.404. The van der Waals surface area contributed by atoms with Crippen LogP contribution >= 0.6 is 0 Å². The van der Waals surface area contributed by atoms with Crippen molar-refractivity contribution in [2.45, 2.75) is 26.8 Å². The Hall–Kier alpha value is -1.61. The minimum Gasteiger partial charge on any atom is -0.353 e. The molecule has 0 aliphatic rings. The maximum Gasteiger partial charge on any atom is 0.132 e. The van der Waals surface area contributed by atoms with E-state index in [2.05, 4.69) is 43.9 Å². The van der Waals surface area contributed by atoms with E-state index >= 15 is 0 Å². The van der Waals surface area contributed by atoms with Crippen LogP contribution in [0.15, 0.2) is 30.3 Å². The van der Waals surface area contributed by atoms with Gasteiger partial charge in [-0.15, -0.1) is 0 Å². The Balaban J connectivity index is 2.51. The summed E-state index contributed by atoms with van der Waals surface area (Å²) in [7, 11) is 0. The van der Waals surface area contributed by atoms with E-state index in [1.165, 1.54) is 10.9 Å². The molecule has 0 aliphatic carbocycles. The molecule has 1 heterocycles. The Bertz CT molecular complexity index is 534. The molecule has 0 aliphatic heterocycles. The highest BCUT2D eigenvalue weighted by Crippen LogP contribution is 2.24. The van der Waals surface area contributed by atoms with Crippen LogP contribution < -0.4 is 10.6 Å². The van der Waals surface area contributed by atoms with Crippen molar-refractivity contribution in [3.8, 4) is 0 Å². The molecule has 96 valence electrons. The first-order chi connectivity index (χ1) is 8.63. The quantitative estimate of drug-likeness (QED) is 0.897. The molecule has 2 rings (SSSR count).